The molecule has 0 radical (unpaired) electrons. The molecular weight excluding hydrogens is 381 g/mol. The van der Waals surface area contributed by atoms with E-state index in [9.17, 15) is 19.1 Å². The van der Waals surface area contributed by atoms with Crippen LogP contribution in [-0.4, -0.2) is 89.7 Å². The molecule has 0 spiro atoms. The van der Waals surface area contributed by atoms with Crippen LogP contribution in [0.1, 0.15) is 27.2 Å². The first-order valence-corrected chi connectivity index (χ1v) is 9.80. The fourth-order valence-electron chi connectivity index (χ4n) is 3.03. The zero-order valence-corrected chi connectivity index (χ0v) is 17.2. The number of aliphatic hydroxyl groups excluding tert-OH is 1. The number of rotatable bonds is 9. The van der Waals surface area contributed by atoms with Crippen LogP contribution in [0.5, 0.6) is 0 Å². The number of β-amino-alcohol motifs (C(OH)–C–C–N with tert-alkyl or cyclic N) is 1. The Labute approximate surface area is 170 Å². The van der Waals surface area contributed by atoms with Gasteiger partial charge in [-0.1, -0.05) is 13.0 Å². The second-order valence-electron chi connectivity index (χ2n) is 7.08. The lowest BCUT2D eigenvalue weighted by Crippen LogP contribution is -2.40. The number of halogens is 1. The van der Waals surface area contributed by atoms with Gasteiger partial charge < -0.3 is 25.0 Å². The zero-order valence-electron chi connectivity index (χ0n) is 17.2. The van der Waals surface area contributed by atoms with Crippen molar-refractivity contribution in [3.8, 4) is 0 Å². The standard InChI is InChI=1S/C19H30FN5O4/c1-4-5-18(24-8-9-25(22-13-24)11-14(2)26)17(20)6-7-23-12-16(29-19(23)28)10-21-15(3)27/h5-6,13-14,16,26H,4,7-12H2,1-3H3,(H,21,27). The van der Waals surface area contributed by atoms with E-state index in [-0.39, 0.29) is 25.5 Å². The first-order valence-electron chi connectivity index (χ1n) is 9.80. The molecule has 2 N–H and O–H groups in total. The maximum Gasteiger partial charge on any atom is 0.410 e. The summed E-state index contributed by atoms with van der Waals surface area (Å²) in [5.74, 6) is -0.643. The Morgan fingerprint density at radius 1 is 1.48 bits per heavy atom. The summed E-state index contributed by atoms with van der Waals surface area (Å²) in [6.45, 7) is 7.12. The number of hydrogen-bond acceptors (Lipinski definition) is 7. The number of amides is 2. The van der Waals surface area contributed by atoms with Gasteiger partial charge in [0.15, 0.2) is 0 Å². The fraction of sp³-hybridized carbons (Fsp3) is 0.632. The number of carbonyl (C=O) groups excluding carboxylic acids is 2. The summed E-state index contributed by atoms with van der Waals surface area (Å²) in [6.07, 6.45) is 3.85. The van der Waals surface area contributed by atoms with E-state index in [1.54, 1.807) is 29.2 Å². The number of hydrogen-bond donors (Lipinski definition) is 2. The Morgan fingerprint density at radius 2 is 2.24 bits per heavy atom. The van der Waals surface area contributed by atoms with Crippen LogP contribution >= 0.6 is 0 Å². The molecule has 2 heterocycles. The Balaban J connectivity index is 1.96. The highest BCUT2D eigenvalue weighted by atomic mass is 19.1. The van der Waals surface area contributed by atoms with Crippen molar-refractivity contribution in [3.63, 3.8) is 0 Å². The third-order valence-electron chi connectivity index (χ3n) is 4.40. The van der Waals surface area contributed by atoms with Gasteiger partial charge in [0, 0.05) is 20.0 Å². The zero-order chi connectivity index (χ0) is 21.4. The molecule has 1 fully saturated rings. The number of nitrogens with zero attached hydrogens (tertiary/aromatic N) is 4. The van der Waals surface area contributed by atoms with Gasteiger partial charge in [-0.15, -0.1) is 0 Å². The Hall–Kier alpha value is -2.62. The van der Waals surface area contributed by atoms with Crippen LogP contribution in [0.15, 0.2) is 28.8 Å². The molecule has 29 heavy (non-hydrogen) atoms. The second-order valence-corrected chi connectivity index (χ2v) is 7.08. The summed E-state index contributed by atoms with van der Waals surface area (Å²) in [4.78, 5) is 26.0. The number of ether oxygens (including phenoxy) is 1. The molecule has 1 saturated heterocycles. The maximum absolute atomic E-state index is 14.9. The molecule has 2 atom stereocenters. The van der Waals surface area contributed by atoms with E-state index in [1.165, 1.54) is 17.9 Å². The minimum atomic E-state index is -0.529. The topological polar surface area (TPSA) is 97.7 Å². The molecule has 0 saturated carbocycles. The molecule has 2 rings (SSSR count). The highest BCUT2D eigenvalue weighted by Gasteiger charge is 2.30. The summed E-state index contributed by atoms with van der Waals surface area (Å²) >= 11 is 0. The maximum atomic E-state index is 14.9. The summed E-state index contributed by atoms with van der Waals surface area (Å²) in [7, 11) is 0. The fourth-order valence-corrected chi connectivity index (χ4v) is 3.03. The van der Waals surface area contributed by atoms with Crippen molar-refractivity contribution >= 4 is 18.3 Å². The lowest BCUT2D eigenvalue weighted by molar-refractivity contribution is -0.119. The van der Waals surface area contributed by atoms with Gasteiger partial charge in [0.05, 0.1) is 38.0 Å². The number of allylic oxidation sites excluding steroid dienone is 2. The van der Waals surface area contributed by atoms with E-state index >= 15 is 0 Å². The van der Waals surface area contributed by atoms with Gasteiger partial charge in [0.2, 0.25) is 5.91 Å². The molecule has 10 heteroatoms. The van der Waals surface area contributed by atoms with Crippen molar-refractivity contribution in [2.75, 3.05) is 39.3 Å². The lowest BCUT2D eigenvalue weighted by Gasteiger charge is -2.31. The number of nitrogens with one attached hydrogen (secondary N) is 1. The number of cyclic esters (lactones) is 1. The molecule has 0 aromatic heterocycles. The van der Waals surface area contributed by atoms with Gasteiger partial charge in [-0.3, -0.25) is 9.80 Å². The summed E-state index contributed by atoms with van der Waals surface area (Å²) in [5.41, 5.74) is 0.398. The van der Waals surface area contributed by atoms with Crippen LogP contribution in [-0.2, 0) is 9.53 Å². The third kappa shape index (κ3) is 7.04. The highest BCUT2D eigenvalue weighted by Crippen LogP contribution is 2.20. The first-order chi connectivity index (χ1) is 13.8. The van der Waals surface area contributed by atoms with E-state index in [2.05, 4.69) is 10.4 Å². The number of hydrazone groups is 1. The van der Waals surface area contributed by atoms with Crippen LogP contribution in [0.4, 0.5) is 9.18 Å². The molecule has 0 aliphatic carbocycles. The summed E-state index contributed by atoms with van der Waals surface area (Å²) in [5, 5.41) is 18.0. The van der Waals surface area contributed by atoms with Crippen LogP contribution in [0.2, 0.25) is 0 Å². The Morgan fingerprint density at radius 3 is 2.83 bits per heavy atom. The van der Waals surface area contributed by atoms with Crippen molar-refractivity contribution < 1.29 is 23.8 Å². The van der Waals surface area contributed by atoms with E-state index in [4.69, 9.17) is 4.74 Å². The van der Waals surface area contributed by atoms with Crippen molar-refractivity contribution in [1.29, 1.82) is 0 Å². The van der Waals surface area contributed by atoms with E-state index in [0.29, 0.717) is 31.8 Å². The molecule has 0 aromatic rings. The van der Waals surface area contributed by atoms with Gasteiger partial charge in [-0.25, -0.2) is 9.18 Å². The SMILES string of the molecule is CCC=C(C(F)=CCN1CC(CNC(C)=O)OC1=O)N1C=NN(CC(C)O)CC1. The molecule has 2 aliphatic rings. The van der Waals surface area contributed by atoms with E-state index in [0.717, 1.165) is 0 Å². The highest BCUT2D eigenvalue weighted by molar-refractivity contribution is 5.73. The largest absolute Gasteiger partial charge is 0.442 e. The molecule has 2 unspecified atom stereocenters. The van der Waals surface area contributed by atoms with Crippen molar-refractivity contribution in [2.45, 2.75) is 39.4 Å². The summed E-state index contributed by atoms with van der Waals surface area (Å²) in [6, 6.07) is 0. The number of aliphatic hydroxyl groups is 1. The second kappa shape index (κ2) is 10.8. The van der Waals surface area contributed by atoms with Crippen LogP contribution < -0.4 is 5.32 Å². The van der Waals surface area contributed by atoms with Crippen molar-refractivity contribution in [1.82, 2.24) is 20.1 Å². The van der Waals surface area contributed by atoms with E-state index in [1.807, 2.05) is 6.92 Å². The molecule has 0 aromatic carbocycles. The molecule has 2 amide bonds. The summed E-state index contributed by atoms with van der Waals surface area (Å²) < 4.78 is 20.1. The predicted octanol–water partition coefficient (Wildman–Crippen LogP) is 1.03. The first kappa shape index (κ1) is 22.7. The van der Waals surface area contributed by atoms with Crippen LogP contribution in [0.3, 0.4) is 0 Å². The van der Waals surface area contributed by atoms with Gasteiger partial charge >= 0.3 is 6.09 Å². The molecule has 9 nitrogen and oxygen atoms in total. The third-order valence-corrected chi connectivity index (χ3v) is 4.40. The average molecular weight is 411 g/mol. The molecular formula is C19H30FN5O4. The molecule has 162 valence electrons. The predicted molar refractivity (Wildman–Crippen MR) is 107 cm³/mol. The number of carbonyl (C=O) groups is 2. The monoisotopic (exact) mass is 411 g/mol. The Kier molecular flexibility index (Phi) is 8.44. The lowest BCUT2D eigenvalue weighted by atomic mass is 10.2. The normalized spacial score (nSPS) is 21.5. The molecule has 0 bridgehead atoms. The van der Waals surface area contributed by atoms with Crippen molar-refractivity contribution in [3.05, 3.63) is 23.7 Å². The smallest absolute Gasteiger partial charge is 0.410 e. The minimum absolute atomic E-state index is 0.0709. The minimum Gasteiger partial charge on any atom is -0.442 e. The average Bonchev–Trinajstić information content (AvgIpc) is 3.02. The van der Waals surface area contributed by atoms with E-state index < -0.39 is 24.1 Å². The quantitative estimate of drug-likeness (QED) is 0.550. The van der Waals surface area contributed by atoms with Gasteiger partial charge in [0.25, 0.3) is 0 Å². The van der Waals surface area contributed by atoms with Crippen LogP contribution in [0, 0.1) is 0 Å². The van der Waals surface area contributed by atoms with Crippen molar-refractivity contribution in [2.24, 2.45) is 5.10 Å². The Bertz CT molecular complexity index is 680. The van der Waals surface area contributed by atoms with Gasteiger partial charge in [0.1, 0.15) is 18.3 Å². The van der Waals surface area contributed by atoms with Crippen LogP contribution in [0.25, 0.3) is 0 Å². The van der Waals surface area contributed by atoms with Gasteiger partial charge in [-0.05, 0) is 19.4 Å². The van der Waals surface area contributed by atoms with Gasteiger partial charge in [-0.2, -0.15) is 5.10 Å². The molecule has 2 aliphatic heterocycles.